The number of nitrogens with zero attached hydrogens (tertiary/aromatic N) is 1. The Morgan fingerprint density at radius 2 is 1.85 bits per heavy atom. The number of rotatable bonds is 2. The number of carbonyl (C=O) groups is 3. The Bertz CT molecular complexity index is 1370. The number of aliphatic hydroxyl groups excluding tert-OH is 2. The number of phenols is 1. The lowest BCUT2D eigenvalue weighted by Gasteiger charge is -2.46. The van der Waals surface area contributed by atoms with Gasteiger partial charge in [-0.15, -0.1) is 0 Å². The van der Waals surface area contributed by atoms with Gasteiger partial charge in [-0.25, -0.2) is 0 Å². The van der Waals surface area contributed by atoms with E-state index in [1.807, 2.05) is 19.1 Å². The quantitative estimate of drug-likeness (QED) is 0.420. The molecule has 0 bridgehead atoms. The highest BCUT2D eigenvalue weighted by molar-refractivity contribution is 6.22. The number of aliphatic hydroxyl groups is 3. The zero-order chi connectivity index (χ0) is 24.5. The van der Waals surface area contributed by atoms with Crippen LogP contribution in [0.1, 0.15) is 29.7 Å². The molecule has 1 fully saturated rings. The zero-order valence-electron chi connectivity index (χ0n) is 18.2. The van der Waals surface area contributed by atoms with Crippen molar-refractivity contribution in [1.29, 1.82) is 0 Å². The maximum Gasteiger partial charge on any atom is 0.255 e. The first-order valence-electron chi connectivity index (χ1n) is 10.8. The molecule has 0 spiro atoms. The molecule has 1 saturated carbocycles. The van der Waals surface area contributed by atoms with Crippen molar-refractivity contribution in [1.82, 2.24) is 4.98 Å². The summed E-state index contributed by atoms with van der Waals surface area (Å²) < 4.78 is 0. The molecule has 3 aliphatic carbocycles. The number of ketones is 2. The molecule has 3 unspecified atom stereocenters. The number of aromatic hydroxyl groups is 1. The van der Waals surface area contributed by atoms with E-state index in [0.29, 0.717) is 16.8 Å². The van der Waals surface area contributed by atoms with Crippen molar-refractivity contribution in [3.05, 3.63) is 64.1 Å². The van der Waals surface area contributed by atoms with Gasteiger partial charge in [-0.1, -0.05) is 6.07 Å². The maximum absolute atomic E-state index is 13.5. The molecule has 3 atom stereocenters. The summed E-state index contributed by atoms with van der Waals surface area (Å²) in [6.07, 6.45) is -0.0404. The summed E-state index contributed by atoms with van der Waals surface area (Å²) in [5, 5.41) is 43.6. The lowest BCUT2D eigenvalue weighted by atomic mass is 9.59. The number of Topliss-reactive ketones (excluding diaryl/α,β-unsaturated/α-hetero) is 2. The average molecular weight is 462 g/mol. The number of phenolic OH excluding ortho intramolecular Hbond substituents is 1. The van der Waals surface area contributed by atoms with Gasteiger partial charge in [-0.05, 0) is 55.5 Å². The Hall–Kier alpha value is -3.98. The largest absolute Gasteiger partial charge is 0.508 e. The average Bonchev–Trinajstić information content (AvgIpc) is 2.76. The fraction of sp³-hybridized carbons (Fsp3) is 0.280. The highest BCUT2D eigenvalue weighted by Gasteiger charge is 2.60. The lowest BCUT2D eigenvalue weighted by molar-refractivity contribution is -0.147. The summed E-state index contributed by atoms with van der Waals surface area (Å²) in [6, 6.07) is 8.56. The van der Waals surface area contributed by atoms with Crippen LogP contribution in [0.2, 0.25) is 0 Å². The van der Waals surface area contributed by atoms with Crippen LogP contribution < -0.4 is 5.73 Å². The number of benzene rings is 1. The molecule has 0 saturated heterocycles. The number of hydrogen-bond acceptors (Lipinski definition) is 8. The molecule has 174 valence electrons. The number of hydrogen-bond donors (Lipinski definition) is 5. The molecule has 1 heterocycles. The van der Waals surface area contributed by atoms with Gasteiger partial charge in [0, 0.05) is 29.2 Å². The van der Waals surface area contributed by atoms with Gasteiger partial charge >= 0.3 is 0 Å². The van der Waals surface area contributed by atoms with Crippen LogP contribution in [-0.4, -0.2) is 48.5 Å². The number of fused-ring (bicyclic) bond motifs is 3. The SMILES string of the molecule is Cc1cccc(-c2ccc(O)c3c2CC2CC4CC(=O)C(C(N)=O)=C(O)C4(O)C(=O)C2=C3O)n1. The van der Waals surface area contributed by atoms with Crippen molar-refractivity contribution >= 4 is 23.2 Å². The molecular formula is C25H22N2O7. The van der Waals surface area contributed by atoms with E-state index >= 15 is 0 Å². The molecule has 6 N–H and O–H groups in total. The Labute approximate surface area is 193 Å². The van der Waals surface area contributed by atoms with Crippen LogP contribution in [0.15, 0.2) is 47.2 Å². The molecule has 3 aliphatic rings. The minimum atomic E-state index is -2.57. The second-order valence-corrected chi connectivity index (χ2v) is 9.06. The third-order valence-corrected chi connectivity index (χ3v) is 7.11. The van der Waals surface area contributed by atoms with Crippen molar-refractivity contribution < 1.29 is 34.8 Å². The zero-order valence-corrected chi connectivity index (χ0v) is 18.2. The molecule has 2 aromatic rings. The first-order chi connectivity index (χ1) is 16.1. The van der Waals surface area contributed by atoms with Gasteiger partial charge in [0.2, 0.25) is 5.78 Å². The summed E-state index contributed by atoms with van der Waals surface area (Å²) in [6.45, 7) is 1.84. The normalized spacial score (nSPS) is 26.2. The highest BCUT2D eigenvalue weighted by Crippen LogP contribution is 2.52. The second-order valence-electron chi connectivity index (χ2n) is 9.06. The summed E-state index contributed by atoms with van der Waals surface area (Å²) in [4.78, 5) is 42.2. The fourth-order valence-corrected chi connectivity index (χ4v) is 5.55. The number of pyridine rings is 1. The highest BCUT2D eigenvalue weighted by atomic mass is 16.3. The Balaban J connectivity index is 1.71. The summed E-state index contributed by atoms with van der Waals surface area (Å²) >= 11 is 0. The van der Waals surface area contributed by atoms with E-state index in [0.717, 1.165) is 5.69 Å². The molecule has 0 radical (unpaired) electrons. The first kappa shape index (κ1) is 21.8. The van der Waals surface area contributed by atoms with Gasteiger partial charge in [0.25, 0.3) is 5.91 Å². The molecule has 34 heavy (non-hydrogen) atoms. The number of aromatic nitrogens is 1. The smallest absolute Gasteiger partial charge is 0.255 e. The van der Waals surface area contributed by atoms with Crippen LogP contribution in [0.3, 0.4) is 0 Å². The number of nitrogens with two attached hydrogens (primary N) is 1. The van der Waals surface area contributed by atoms with Crippen molar-refractivity contribution in [3.63, 3.8) is 0 Å². The second kappa shape index (κ2) is 7.26. The third-order valence-electron chi connectivity index (χ3n) is 7.11. The van der Waals surface area contributed by atoms with Crippen LogP contribution >= 0.6 is 0 Å². The minimum absolute atomic E-state index is 0.0490. The van der Waals surface area contributed by atoms with Gasteiger partial charge in [-0.3, -0.25) is 19.4 Å². The van der Waals surface area contributed by atoms with E-state index in [9.17, 15) is 34.8 Å². The predicted octanol–water partition coefficient (Wildman–Crippen LogP) is 1.79. The van der Waals surface area contributed by atoms with Gasteiger partial charge in [0.15, 0.2) is 11.4 Å². The van der Waals surface area contributed by atoms with E-state index in [1.165, 1.54) is 6.07 Å². The molecule has 1 amide bonds. The summed E-state index contributed by atoms with van der Waals surface area (Å²) in [5.41, 5.74) is 4.37. The lowest BCUT2D eigenvalue weighted by Crippen LogP contribution is -2.58. The number of carbonyl (C=O) groups excluding carboxylic acids is 3. The van der Waals surface area contributed by atoms with Crippen LogP contribution in [0, 0.1) is 18.8 Å². The van der Waals surface area contributed by atoms with Gasteiger partial charge in [0.1, 0.15) is 22.8 Å². The monoisotopic (exact) mass is 462 g/mol. The molecule has 1 aromatic heterocycles. The van der Waals surface area contributed by atoms with Crippen LogP contribution in [0.4, 0.5) is 0 Å². The van der Waals surface area contributed by atoms with Crippen LogP contribution in [0.25, 0.3) is 17.0 Å². The molecular weight excluding hydrogens is 440 g/mol. The maximum atomic E-state index is 13.5. The van der Waals surface area contributed by atoms with E-state index < -0.39 is 52.0 Å². The number of amides is 1. The van der Waals surface area contributed by atoms with E-state index in [1.54, 1.807) is 12.1 Å². The minimum Gasteiger partial charge on any atom is -0.508 e. The van der Waals surface area contributed by atoms with Gasteiger partial charge in [0.05, 0.1) is 11.3 Å². The predicted molar refractivity (Wildman–Crippen MR) is 119 cm³/mol. The topological polar surface area (TPSA) is 171 Å². The van der Waals surface area contributed by atoms with E-state index in [2.05, 4.69) is 4.98 Å². The molecule has 9 nitrogen and oxygen atoms in total. The summed E-state index contributed by atoms with van der Waals surface area (Å²) in [5.74, 6) is -6.46. The summed E-state index contributed by atoms with van der Waals surface area (Å²) in [7, 11) is 0. The Morgan fingerprint density at radius 3 is 2.53 bits per heavy atom. The third kappa shape index (κ3) is 2.83. The van der Waals surface area contributed by atoms with Crippen LogP contribution in [0.5, 0.6) is 5.75 Å². The van der Waals surface area contributed by atoms with Gasteiger partial charge < -0.3 is 26.2 Å². The van der Waals surface area contributed by atoms with Crippen molar-refractivity contribution in [2.75, 3.05) is 0 Å². The number of primary amides is 1. The number of aryl methyl sites for hydroxylation is 1. The van der Waals surface area contributed by atoms with Crippen molar-refractivity contribution in [2.45, 2.75) is 31.8 Å². The van der Waals surface area contributed by atoms with E-state index in [4.69, 9.17) is 5.73 Å². The van der Waals surface area contributed by atoms with Crippen LogP contribution in [-0.2, 0) is 20.8 Å². The fourth-order valence-electron chi connectivity index (χ4n) is 5.55. The first-order valence-corrected chi connectivity index (χ1v) is 10.8. The molecule has 0 aliphatic heterocycles. The van der Waals surface area contributed by atoms with Gasteiger partial charge in [-0.2, -0.15) is 0 Å². The Morgan fingerprint density at radius 1 is 1.12 bits per heavy atom. The van der Waals surface area contributed by atoms with Crippen molar-refractivity contribution in [3.8, 4) is 17.0 Å². The van der Waals surface area contributed by atoms with E-state index in [-0.39, 0.29) is 36.1 Å². The molecule has 9 heteroatoms. The molecule has 1 aromatic carbocycles. The molecule has 5 rings (SSSR count). The Kier molecular flexibility index (Phi) is 4.66. The van der Waals surface area contributed by atoms with Crippen molar-refractivity contribution in [2.24, 2.45) is 17.6 Å². The standard InChI is InChI=1S/C25H22N2O7/c1-10-3-2-4-15(27-10)13-5-6-16(28)19-14(13)8-11-7-12-9-17(29)20(24(26)33)23(32)25(12,34)22(31)18(11)21(19)30/h2-6,11-12,28,30,32,34H,7-9H2,1H3,(H2,26,33).